The minimum Gasteiger partial charge on any atom is -0.493 e. The summed E-state index contributed by atoms with van der Waals surface area (Å²) in [7, 11) is 4.91. The molecule has 1 fully saturated rings. The molecule has 0 spiro atoms. The highest BCUT2D eigenvalue weighted by Gasteiger charge is 2.14. The molecule has 1 aromatic carbocycles. The molecule has 0 saturated carbocycles. The second-order valence-corrected chi connectivity index (χ2v) is 5.36. The lowest BCUT2D eigenvalue weighted by Crippen LogP contribution is -2.33. The SMILES string of the molecule is COc1cc(CNCC2CCNCC2)cc(OC)c1OC. The van der Waals surface area contributed by atoms with Crippen LogP contribution in [-0.2, 0) is 6.54 Å². The van der Waals surface area contributed by atoms with Crippen molar-refractivity contribution in [2.75, 3.05) is 41.0 Å². The van der Waals surface area contributed by atoms with E-state index in [4.69, 9.17) is 14.2 Å². The van der Waals surface area contributed by atoms with Crippen LogP contribution in [0.5, 0.6) is 17.2 Å². The van der Waals surface area contributed by atoms with Crippen LogP contribution in [0, 0.1) is 5.92 Å². The molecule has 1 heterocycles. The topological polar surface area (TPSA) is 51.8 Å². The second kappa shape index (κ2) is 8.10. The van der Waals surface area contributed by atoms with E-state index in [0.29, 0.717) is 17.2 Å². The highest BCUT2D eigenvalue weighted by atomic mass is 16.5. The van der Waals surface area contributed by atoms with E-state index in [1.54, 1.807) is 21.3 Å². The smallest absolute Gasteiger partial charge is 0.203 e. The Labute approximate surface area is 127 Å². The number of benzene rings is 1. The molecule has 0 aromatic heterocycles. The van der Waals surface area contributed by atoms with Gasteiger partial charge in [0.05, 0.1) is 21.3 Å². The van der Waals surface area contributed by atoms with Gasteiger partial charge in [-0.05, 0) is 56.1 Å². The van der Waals surface area contributed by atoms with E-state index in [-0.39, 0.29) is 0 Å². The molecule has 0 amide bonds. The van der Waals surface area contributed by atoms with Crippen LogP contribution in [0.2, 0.25) is 0 Å². The Bertz CT molecular complexity index is 420. The zero-order chi connectivity index (χ0) is 15.1. The third kappa shape index (κ3) is 4.25. The fourth-order valence-corrected chi connectivity index (χ4v) is 2.74. The molecule has 1 saturated heterocycles. The Morgan fingerprint density at radius 1 is 1.05 bits per heavy atom. The fourth-order valence-electron chi connectivity index (χ4n) is 2.74. The van der Waals surface area contributed by atoms with E-state index in [1.165, 1.54) is 12.8 Å². The number of piperidine rings is 1. The normalized spacial score (nSPS) is 15.8. The predicted molar refractivity (Wildman–Crippen MR) is 83.4 cm³/mol. The highest BCUT2D eigenvalue weighted by Crippen LogP contribution is 2.38. The van der Waals surface area contributed by atoms with Gasteiger partial charge in [0.25, 0.3) is 0 Å². The van der Waals surface area contributed by atoms with Crippen molar-refractivity contribution in [3.63, 3.8) is 0 Å². The average molecular weight is 294 g/mol. The molecule has 1 aromatic rings. The predicted octanol–water partition coefficient (Wildman–Crippen LogP) is 1.80. The lowest BCUT2D eigenvalue weighted by Gasteiger charge is -2.23. The van der Waals surface area contributed by atoms with Gasteiger partial charge in [0, 0.05) is 6.54 Å². The van der Waals surface area contributed by atoms with Gasteiger partial charge in [-0.25, -0.2) is 0 Å². The van der Waals surface area contributed by atoms with E-state index in [9.17, 15) is 0 Å². The lowest BCUT2D eigenvalue weighted by atomic mass is 9.98. The third-order valence-electron chi connectivity index (χ3n) is 3.95. The monoisotopic (exact) mass is 294 g/mol. The Balaban J connectivity index is 1.95. The quantitative estimate of drug-likeness (QED) is 0.803. The van der Waals surface area contributed by atoms with Crippen LogP contribution in [0.25, 0.3) is 0 Å². The molecule has 0 atom stereocenters. The van der Waals surface area contributed by atoms with Gasteiger partial charge in [0.1, 0.15) is 0 Å². The summed E-state index contributed by atoms with van der Waals surface area (Å²) >= 11 is 0. The summed E-state index contributed by atoms with van der Waals surface area (Å²) in [5.74, 6) is 2.82. The first-order valence-corrected chi connectivity index (χ1v) is 7.48. The van der Waals surface area contributed by atoms with Crippen LogP contribution in [0.1, 0.15) is 18.4 Å². The van der Waals surface area contributed by atoms with E-state index < -0.39 is 0 Å². The van der Waals surface area contributed by atoms with Crippen LogP contribution < -0.4 is 24.8 Å². The summed E-state index contributed by atoms with van der Waals surface area (Å²) in [5, 5.41) is 6.92. The number of hydrogen-bond acceptors (Lipinski definition) is 5. The number of ether oxygens (including phenoxy) is 3. The molecular weight excluding hydrogens is 268 g/mol. The number of rotatable bonds is 7. The molecule has 0 aliphatic carbocycles. The summed E-state index contributed by atoms with van der Waals surface area (Å²) in [6, 6.07) is 3.99. The van der Waals surface area contributed by atoms with Gasteiger partial charge in [-0.3, -0.25) is 0 Å². The second-order valence-electron chi connectivity index (χ2n) is 5.36. The molecule has 5 heteroatoms. The molecule has 1 aliphatic heterocycles. The molecule has 21 heavy (non-hydrogen) atoms. The van der Waals surface area contributed by atoms with Gasteiger partial charge in [-0.1, -0.05) is 0 Å². The number of nitrogens with one attached hydrogen (secondary N) is 2. The van der Waals surface area contributed by atoms with E-state index in [0.717, 1.165) is 37.7 Å². The molecule has 2 rings (SSSR count). The van der Waals surface area contributed by atoms with E-state index in [2.05, 4.69) is 10.6 Å². The Kier molecular flexibility index (Phi) is 6.14. The minimum atomic E-state index is 0.641. The van der Waals surface area contributed by atoms with Crippen molar-refractivity contribution < 1.29 is 14.2 Å². The molecule has 0 bridgehead atoms. The molecule has 2 N–H and O–H groups in total. The summed E-state index contributed by atoms with van der Waals surface area (Å²) in [4.78, 5) is 0. The molecule has 118 valence electrons. The van der Waals surface area contributed by atoms with Gasteiger partial charge < -0.3 is 24.8 Å². The van der Waals surface area contributed by atoms with Gasteiger partial charge in [0.15, 0.2) is 11.5 Å². The van der Waals surface area contributed by atoms with Crippen LogP contribution in [0.4, 0.5) is 0 Å². The molecular formula is C16H26N2O3. The maximum atomic E-state index is 5.37. The first kappa shape index (κ1) is 15.9. The first-order chi connectivity index (χ1) is 10.3. The average Bonchev–Trinajstić information content (AvgIpc) is 2.54. The maximum Gasteiger partial charge on any atom is 0.203 e. The van der Waals surface area contributed by atoms with E-state index >= 15 is 0 Å². The van der Waals surface area contributed by atoms with Crippen molar-refractivity contribution in [3.05, 3.63) is 17.7 Å². The molecule has 0 radical (unpaired) electrons. The fraction of sp³-hybridized carbons (Fsp3) is 0.625. The maximum absolute atomic E-state index is 5.37. The molecule has 1 aliphatic rings. The van der Waals surface area contributed by atoms with Crippen molar-refractivity contribution >= 4 is 0 Å². The first-order valence-electron chi connectivity index (χ1n) is 7.48. The van der Waals surface area contributed by atoms with Gasteiger partial charge in [-0.2, -0.15) is 0 Å². The van der Waals surface area contributed by atoms with Crippen LogP contribution >= 0.6 is 0 Å². The Hall–Kier alpha value is -1.46. The van der Waals surface area contributed by atoms with Crippen molar-refractivity contribution in [2.45, 2.75) is 19.4 Å². The summed E-state index contributed by atoms with van der Waals surface area (Å²) < 4.78 is 16.1. The minimum absolute atomic E-state index is 0.641. The van der Waals surface area contributed by atoms with Crippen molar-refractivity contribution in [3.8, 4) is 17.2 Å². The highest BCUT2D eigenvalue weighted by molar-refractivity contribution is 5.53. The van der Waals surface area contributed by atoms with Crippen LogP contribution in [0.15, 0.2) is 12.1 Å². The molecule has 0 unspecified atom stereocenters. The van der Waals surface area contributed by atoms with Crippen molar-refractivity contribution in [1.82, 2.24) is 10.6 Å². The summed E-state index contributed by atoms with van der Waals surface area (Å²) in [6.45, 7) is 4.13. The van der Waals surface area contributed by atoms with Gasteiger partial charge in [-0.15, -0.1) is 0 Å². The zero-order valence-corrected chi connectivity index (χ0v) is 13.2. The Morgan fingerprint density at radius 2 is 1.67 bits per heavy atom. The van der Waals surface area contributed by atoms with Crippen molar-refractivity contribution in [1.29, 1.82) is 0 Å². The summed E-state index contributed by atoms with van der Waals surface area (Å²) in [6.07, 6.45) is 2.50. The zero-order valence-electron chi connectivity index (χ0n) is 13.2. The van der Waals surface area contributed by atoms with Crippen LogP contribution in [0.3, 0.4) is 0 Å². The van der Waals surface area contributed by atoms with Gasteiger partial charge >= 0.3 is 0 Å². The number of methoxy groups -OCH3 is 3. The third-order valence-corrected chi connectivity index (χ3v) is 3.95. The Morgan fingerprint density at radius 3 is 2.19 bits per heavy atom. The molecule has 5 nitrogen and oxygen atoms in total. The number of hydrogen-bond donors (Lipinski definition) is 2. The summed E-state index contributed by atoms with van der Waals surface area (Å²) in [5.41, 5.74) is 1.14. The van der Waals surface area contributed by atoms with E-state index in [1.807, 2.05) is 12.1 Å². The van der Waals surface area contributed by atoms with Crippen molar-refractivity contribution in [2.24, 2.45) is 5.92 Å². The largest absolute Gasteiger partial charge is 0.493 e. The van der Waals surface area contributed by atoms with Crippen LogP contribution in [-0.4, -0.2) is 41.0 Å². The van der Waals surface area contributed by atoms with Gasteiger partial charge in [0.2, 0.25) is 5.75 Å². The lowest BCUT2D eigenvalue weighted by molar-refractivity contribution is 0.323. The standard InChI is InChI=1S/C16H26N2O3/c1-19-14-8-13(9-15(20-2)16(14)21-3)11-18-10-12-4-6-17-7-5-12/h8-9,12,17-18H,4-7,10-11H2,1-3H3.